The van der Waals surface area contributed by atoms with Crippen molar-refractivity contribution in [2.75, 3.05) is 0 Å². The van der Waals surface area contributed by atoms with Crippen LogP contribution in [0.25, 0.3) is 0 Å². The van der Waals surface area contributed by atoms with Crippen LogP contribution in [0, 0.1) is 0 Å². The number of rotatable bonds is 2. The second-order valence-electron chi connectivity index (χ2n) is 6.76. The van der Waals surface area contributed by atoms with Gasteiger partial charge >= 0.3 is 26.7 Å². The van der Waals surface area contributed by atoms with Crippen LogP contribution in [0.5, 0.6) is 5.75 Å². The molecular formula is C14H24LiO4P. The molecule has 0 saturated heterocycles. The molecule has 0 atom stereocenters. The van der Waals surface area contributed by atoms with Gasteiger partial charge in [-0.1, -0.05) is 59.7 Å². The molecule has 0 aliphatic heterocycles. The van der Waals surface area contributed by atoms with Gasteiger partial charge in [0.15, 0.2) is 0 Å². The van der Waals surface area contributed by atoms with Gasteiger partial charge in [-0.05, 0) is 10.8 Å². The molecule has 1 rings (SSSR count). The Bertz CT molecular complexity index is 477. The second kappa shape index (κ2) is 6.26. The van der Waals surface area contributed by atoms with Gasteiger partial charge in [0, 0.05) is 11.1 Å². The van der Waals surface area contributed by atoms with Crippen LogP contribution in [0.4, 0.5) is 0 Å². The Labute approximate surface area is 133 Å². The molecule has 6 heteroatoms. The molecule has 0 aromatic heterocycles. The first-order valence-electron chi connectivity index (χ1n) is 6.21. The van der Waals surface area contributed by atoms with Crippen LogP contribution in [0.1, 0.15) is 52.7 Å². The third-order valence-electron chi connectivity index (χ3n) is 2.84. The predicted octanol–water partition coefficient (Wildman–Crippen LogP) is 3.10. The van der Waals surface area contributed by atoms with Gasteiger partial charge in [-0.15, -0.1) is 0 Å². The minimum atomic E-state index is -4.58. The zero-order valence-corrected chi connectivity index (χ0v) is 13.3. The van der Waals surface area contributed by atoms with Crippen LogP contribution in [0.2, 0.25) is 0 Å². The van der Waals surface area contributed by atoms with Gasteiger partial charge in [0.2, 0.25) is 0 Å². The van der Waals surface area contributed by atoms with Crippen LogP contribution in [-0.4, -0.2) is 28.6 Å². The Balaban J connectivity index is 0.00000361. The van der Waals surface area contributed by atoms with Crippen molar-refractivity contribution in [3.05, 3.63) is 29.3 Å². The van der Waals surface area contributed by atoms with Crippen LogP contribution < -0.4 is 4.52 Å². The van der Waals surface area contributed by atoms with Crippen molar-refractivity contribution < 1.29 is 18.9 Å². The maximum absolute atomic E-state index is 11.2. The van der Waals surface area contributed by atoms with Crippen molar-refractivity contribution in [3.8, 4) is 5.75 Å². The summed E-state index contributed by atoms with van der Waals surface area (Å²) in [6.07, 6.45) is 0. The van der Waals surface area contributed by atoms with Crippen LogP contribution in [0.3, 0.4) is 0 Å². The fraction of sp³-hybridized carbons (Fsp3) is 0.571. The zero-order chi connectivity index (χ0) is 15.1. The van der Waals surface area contributed by atoms with E-state index in [0.717, 1.165) is 11.1 Å². The van der Waals surface area contributed by atoms with Crippen molar-refractivity contribution in [1.82, 2.24) is 0 Å². The molecule has 20 heavy (non-hydrogen) atoms. The van der Waals surface area contributed by atoms with Gasteiger partial charge in [-0.25, -0.2) is 4.57 Å². The number of phosphoric ester groups is 1. The van der Waals surface area contributed by atoms with Crippen LogP contribution in [-0.2, 0) is 15.4 Å². The maximum atomic E-state index is 11.2. The van der Waals surface area contributed by atoms with E-state index in [1.165, 1.54) is 0 Å². The normalized spacial score (nSPS) is 12.8. The Morgan fingerprint density at radius 3 is 1.55 bits per heavy atom. The molecule has 4 nitrogen and oxygen atoms in total. The molecule has 0 heterocycles. The van der Waals surface area contributed by atoms with E-state index in [-0.39, 0.29) is 29.7 Å². The van der Waals surface area contributed by atoms with Gasteiger partial charge in [-0.2, -0.15) is 0 Å². The number of hydrogen-bond acceptors (Lipinski definition) is 2. The van der Waals surface area contributed by atoms with E-state index in [4.69, 9.17) is 14.3 Å². The summed E-state index contributed by atoms with van der Waals surface area (Å²) in [5.41, 5.74) is 1.07. The summed E-state index contributed by atoms with van der Waals surface area (Å²) in [6.45, 7) is 11.9. The SMILES string of the molecule is CC(C)(C)c1cccc(C(C)(C)C)c1OP(=O)(O)O.[LiH]. The van der Waals surface area contributed by atoms with E-state index in [2.05, 4.69) is 0 Å². The van der Waals surface area contributed by atoms with Gasteiger partial charge in [-0.3, -0.25) is 9.79 Å². The second-order valence-corrected chi connectivity index (χ2v) is 7.93. The first-order valence-corrected chi connectivity index (χ1v) is 7.74. The molecule has 0 radical (unpaired) electrons. The van der Waals surface area contributed by atoms with E-state index in [9.17, 15) is 4.57 Å². The average Bonchev–Trinajstić information content (AvgIpc) is 2.11. The summed E-state index contributed by atoms with van der Waals surface area (Å²) in [4.78, 5) is 18.3. The van der Waals surface area contributed by atoms with Gasteiger partial charge in [0.05, 0.1) is 0 Å². The standard InChI is InChI=1S/C14H23O4P.Li.H/c1-13(2,3)10-8-7-9-11(14(4,5)6)12(10)18-19(15,16)17;;/h7-9H,1-6H3,(H2,15,16,17);;. The Hall–Kier alpha value is -0.233. The van der Waals surface area contributed by atoms with E-state index in [1.54, 1.807) is 0 Å². The molecule has 0 aliphatic rings. The third kappa shape index (κ3) is 5.28. The summed E-state index contributed by atoms with van der Waals surface area (Å²) < 4.78 is 16.2. The summed E-state index contributed by atoms with van der Waals surface area (Å²) in [5, 5.41) is 0. The quantitative estimate of drug-likeness (QED) is 0.649. The van der Waals surface area contributed by atoms with Crippen molar-refractivity contribution >= 4 is 26.7 Å². The fourth-order valence-electron chi connectivity index (χ4n) is 1.94. The van der Waals surface area contributed by atoms with E-state index < -0.39 is 7.82 Å². The first kappa shape index (κ1) is 19.8. The molecule has 0 spiro atoms. The fourth-order valence-corrected chi connectivity index (χ4v) is 2.37. The Morgan fingerprint density at radius 1 is 0.950 bits per heavy atom. The van der Waals surface area contributed by atoms with Gasteiger partial charge in [0.25, 0.3) is 0 Å². The van der Waals surface area contributed by atoms with E-state index in [1.807, 2.05) is 59.7 Å². The summed E-state index contributed by atoms with van der Waals surface area (Å²) in [7, 11) is -4.58. The molecule has 0 saturated carbocycles. The number of hydrogen-bond donors (Lipinski definition) is 2. The Kier molecular flexibility index (Phi) is 6.19. The van der Waals surface area contributed by atoms with Crippen molar-refractivity contribution in [3.63, 3.8) is 0 Å². The third-order valence-corrected chi connectivity index (χ3v) is 3.26. The topological polar surface area (TPSA) is 66.8 Å². The summed E-state index contributed by atoms with van der Waals surface area (Å²) >= 11 is 0. The molecule has 0 aliphatic carbocycles. The summed E-state index contributed by atoms with van der Waals surface area (Å²) in [5.74, 6) is 0.302. The predicted molar refractivity (Wildman–Crippen MR) is 83.7 cm³/mol. The van der Waals surface area contributed by atoms with E-state index in [0.29, 0.717) is 5.75 Å². The molecule has 0 bridgehead atoms. The van der Waals surface area contributed by atoms with Crippen LogP contribution >= 0.6 is 7.82 Å². The average molecular weight is 294 g/mol. The summed E-state index contributed by atoms with van der Waals surface area (Å²) in [6, 6.07) is 5.59. The van der Waals surface area contributed by atoms with Crippen molar-refractivity contribution in [2.45, 2.75) is 52.4 Å². The molecule has 1 aromatic carbocycles. The van der Waals surface area contributed by atoms with Crippen molar-refractivity contribution in [1.29, 1.82) is 0 Å². The van der Waals surface area contributed by atoms with Gasteiger partial charge in [0.1, 0.15) is 5.75 Å². The molecule has 0 unspecified atom stereocenters. The molecule has 0 amide bonds. The molecule has 0 fully saturated rings. The number of para-hydroxylation sites is 1. The van der Waals surface area contributed by atoms with Crippen molar-refractivity contribution in [2.24, 2.45) is 0 Å². The molecule has 110 valence electrons. The number of benzene rings is 1. The molecule has 1 aromatic rings. The molecule has 2 N–H and O–H groups in total. The van der Waals surface area contributed by atoms with Crippen LogP contribution in [0.15, 0.2) is 18.2 Å². The first-order chi connectivity index (χ1) is 8.32. The zero-order valence-electron chi connectivity index (χ0n) is 12.4. The number of phosphoric acid groups is 1. The van der Waals surface area contributed by atoms with E-state index >= 15 is 0 Å². The Morgan fingerprint density at radius 2 is 1.30 bits per heavy atom. The van der Waals surface area contributed by atoms with Gasteiger partial charge < -0.3 is 4.52 Å². The molecular weight excluding hydrogens is 270 g/mol. The minimum absolute atomic E-state index is 0. The monoisotopic (exact) mass is 294 g/mol.